The van der Waals surface area contributed by atoms with Gasteiger partial charge in [0.2, 0.25) is 0 Å². The number of ether oxygens (including phenoxy) is 1. The number of para-hydroxylation sites is 1. The summed E-state index contributed by atoms with van der Waals surface area (Å²) in [6, 6.07) is 27.7. The molecule has 3 aromatic carbocycles. The van der Waals surface area contributed by atoms with Gasteiger partial charge in [-0.25, -0.2) is 0 Å². The number of rotatable bonds is 5. The van der Waals surface area contributed by atoms with Crippen LogP contribution in [-0.2, 0) is 0 Å². The van der Waals surface area contributed by atoms with Gasteiger partial charge in [0.25, 0.3) is 0 Å². The van der Waals surface area contributed by atoms with Gasteiger partial charge in [0.1, 0.15) is 11.9 Å². The molecule has 1 fully saturated rings. The highest BCUT2D eigenvalue weighted by atomic mass is 35.5. The number of piperidine rings is 1. The van der Waals surface area contributed by atoms with Gasteiger partial charge in [0.05, 0.1) is 5.02 Å². The Labute approximate surface area is 179 Å². The van der Waals surface area contributed by atoms with Crippen LogP contribution in [0.1, 0.15) is 42.0 Å². The minimum absolute atomic E-state index is 0.109. The number of likely N-dealkylation sites (tertiary alicyclic amines) is 1. The molecule has 0 radical (unpaired) electrons. The van der Waals surface area contributed by atoms with E-state index in [2.05, 4.69) is 73.3 Å². The lowest BCUT2D eigenvalue weighted by Crippen LogP contribution is -2.45. The summed E-state index contributed by atoms with van der Waals surface area (Å²) in [7, 11) is 0. The fraction of sp³-hybridized carbons (Fsp3) is 0.308. The molecule has 0 amide bonds. The smallest absolute Gasteiger partial charge is 0.138 e. The molecular formula is C26H28ClNO. The highest BCUT2D eigenvalue weighted by Gasteiger charge is 2.34. The molecule has 150 valence electrons. The quantitative estimate of drug-likeness (QED) is 0.471. The summed E-state index contributed by atoms with van der Waals surface area (Å²) >= 11 is 6.38. The first kappa shape index (κ1) is 20.0. The third kappa shape index (κ3) is 4.66. The summed E-state index contributed by atoms with van der Waals surface area (Å²) in [4.78, 5) is 2.58. The Morgan fingerprint density at radius 3 is 2.48 bits per heavy atom. The lowest BCUT2D eigenvalue weighted by atomic mass is 9.86. The van der Waals surface area contributed by atoms with E-state index in [0.29, 0.717) is 17.0 Å². The van der Waals surface area contributed by atoms with Crippen LogP contribution in [0.4, 0.5) is 0 Å². The Hall–Kier alpha value is -2.29. The zero-order valence-electron chi connectivity index (χ0n) is 17.1. The highest BCUT2D eigenvalue weighted by molar-refractivity contribution is 6.32. The molecule has 1 saturated heterocycles. The minimum atomic E-state index is 0.109. The molecular weight excluding hydrogens is 378 g/mol. The lowest BCUT2D eigenvalue weighted by Gasteiger charge is -2.41. The molecule has 1 aliphatic rings. The number of hydrogen-bond acceptors (Lipinski definition) is 2. The molecule has 0 aromatic heterocycles. The first-order valence-electron chi connectivity index (χ1n) is 10.4. The molecule has 4 rings (SSSR count). The van der Waals surface area contributed by atoms with Crippen molar-refractivity contribution in [2.75, 3.05) is 13.1 Å². The number of nitrogens with zero attached hydrogens (tertiary/aromatic N) is 1. The van der Waals surface area contributed by atoms with E-state index in [4.69, 9.17) is 16.3 Å². The molecule has 29 heavy (non-hydrogen) atoms. The number of halogens is 1. The number of benzene rings is 3. The van der Waals surface area contributed by atoms with E-state index in [9.17, 15) is 0 Å². The molecule has 0 bridgehead atoms. The molecule has 3 atom stereocenters. The van der Waals surface area contributed by atoms with Crippen LogP contribution in [0.25, 0.3) is 0 Å². The fourth-order valence-corrected chi connectivity index (χ4v) is 4.49. The lowest BCUT2D eigenvalue weighted by molar-refractivity contribution is 0.0587. The van der Waals surface area contributed by atoms with Crippen LogP contribution in [0.3, 0.4) is 0 Å². The normalized spacial score (nSPS) is 20.9. The Morgan fingerprint density at radius 2 is 1.72 bits per heavy atom. The van der Waals surface area contributed by atoms with Crippen molar-refractivity contribution < 1.29 is 4.74 Å². The maximum absolute atomic E-state index is 6.45. The predicted molar refractivity (Wildman–Crippen MR) is 121 cm³/mol. The molecule has 3 heteroatoms. The van der Waals surface area contributed by atoms with E-state index < -0.39 is 0 Å². The van der Waals surface area contributed by atoms with Gasteiger partial charge in [-0.3, -0.25) is 4.90 Å². The molecule has 0 aliphatic carbocycles. The van der Waals surface area contributed by atoms with Crippen molar-refractivity contribution in [2.24, 2.45) is 0 Å². The summed E-state index contributed by atoms with van der Waals surface area (Å²) in [5.41, 5.74) is 4.01. The van der Waals surface area contributed by atoms with Gasteiger partial charge in [-0.15, -0.1) is 0 Å². The second-order valence-electron chi connectivity index (χ2n) is 7.98. The van der Waals surface area contributed by atoms with Gasteiger partial charge in [-0.1, -0.05) is 83.9 Å². The van der Waals surface area contributed by atoms with Crippen LogP contribution < -0.4 is 4.74 Å². The average molecular weight is 406 g/mol. The van der Waals surface area contributed by atoms with Crippen LogP contribution in [0.15, 0.2) is 78.9 Å². The van der Waals surface area contributed by atoms with E-state index in [1.807, 2.05) is 24.3 Å². The van der Waals surface area contributed by atoms with Crippen molar-refractivity contribution >= 4 is 11.6 Å². The second-order valence-corrected chi connectivity index (χ2v) is 8.38. The number of hydrogen-bond donors (Lipinski definition) is 0. The van der Waals surface area contributed by atoms with Crippen molar-refractivity contribution in [1.29, 1.82) is 0 Å². The third-order valence-electron chi connectivity index (χ3n) is 6.00. The van der Waals surface area contributed by atoms with Crippen LogP contribution in [0.5, 0.6) is 5.75 Å². The Bertz CT molecular complexity index is 942. The largest absolute Gasteiger partial charge is 0.488 e. The third-order valence-corrected chi connectivity index (χ3v) is 6.31. The summed E-state index contributed by atoms with van der Waals surface area (Å²) in [5, 5.41) is 0.676. The molecule has 0 saturated carbocycles. The van der Waals surface area contributed by atoms with Crippen molar-refractivity contribution in [1.82, 2.24) is 4.90 Å². The molecule has 0 N–H and O–H groups in total. The molecule has 2 nitrogen and oxygen atoms in total. The monoisotopic (exact) mass is 405 g/mol. The van der Waals surface area contributed by atoms with E-state index in [0.717, 1.165) is 25.3 Å². The Morgan fingerprint density at radius 1 is 0.966 bits per heavy atom. The van der Waals surface area contributed by atoms with Crippen LogP contribution in [0.2, 0.25) is 5.02 Å². The van der Waals surface area contributed by atoms with Crippen molar-refractivity contribution in [2.45, 2.75) is 38.3 Å². The molecule has 1 unspecified atom stereocenters. The first-order valence-corrected chi connectivity index (χ1v) is 10.8. The average Bonchev–Trinajstić information content (AvgIpc) is 2.76. The van der Waals surface area contributed by atoms with Gasteiger partial charge in [0.15, 0.2) is 0 Å². The van der Waals surface area contributed by atoms with Crippen LogP contribution >= 0.6 is 11.6 Å². The maximum Gasteiger partial charge on any atom is 0.138 e. The second kappa shape index (κ2) is 9.02. The summed E-state index contributed by atoms with van der Waals surface area (Å²) < 4.78 is 6.45. The van der Waals surface area contributed by atoms with E-state index in [1.165, 1.54) is 16.7 Å². The first-order chi connectivity index (χ1) is 14.1. The Kier molecular flexibility index (Phi) is 6.22. The van der Waals surface area contributed by atoms with Gasteiger partial charge < -0.3 is 4.74 Å². The number of aryl methyl sites for hydroxylation is 1. The minimum Gasteiger partial charge on any atom is -0.488 e. The van der Waals surface area contributed by atoms with E-state index in [1.54, 1.807) is 0 Å². The SMILES string of the molecule is Cc1cccc(C(C)N2CC[C@@H](Oc3ccccc3Cl)[C@@H](c3ccccc3)C2)c1. The molecule has 0 spiro atoms. The summed E-state index contributed by atoms with van der Waals surface area (Å²) in [6.07, 6.45) is 1.08. The molecule has 1 aliphatic heterocycles. The van der Waals surface area contributed by atoms with E-state index in [-0.39, 0.29) is 6.10 Å². The van der Waals surface area contributed by atoms with Gasteiger partial charge in [-0.2, -0.15) is 0 Å². The van der Waals surface area contributed by atoms with Gasteiger partial charge >= 0.3 is 0 Å². The van der Waals surface area contributed by atoms with E-state index >= 15 is 0 Å². The van der Waals surface area contributed by atoms with Crippen LogP contribution in [-0.4, -0.2) is 24.1 Å². The predicted octanol–water partition coefficient (Wildman–Crippen LogP) is 6.65. The van der Waals surface area contributed by atoms with Crippen molar-refractivity contribution in [3.63, 3.8) is 0 Å². The fourth-order valence-electron chi connectivity index (χ4n) is 4.31. The van der Waals surface area contributed by atoms with Crippen molar-refractivity contribution in [3.8, 4) is 5.75 Å². The van der Waals surface area contributed by atoms with Crippen molar-refractivity contribution in [3.05, 3.63) is 101 Å². The highest BCUT2D eigenvalue weighted by Crippen LogP contribution is 2.36. The van der Waals surface area contributed by atoms with Gasteiger partial charge in [-0.05, 0) is 43.5 Å². The topological polar surface area (TPSA) is 12.5 Å². The zero-order chi connectivity index (χ0) is 20.2. The Balaban J connectivity index is 1.58. The van der Waals surface area contributed by atoms with Gasteiger partial charge in [0, 0.05) is 25.0 Å². The standard InChI is InChI=1S/C26H28ClNO/c1-19-9-8-12-22(17-19)20(2)28-16-15-25(29-26-14-7-6-13-24(26)27)23(18-28)21-10-4-3-5-11-21/h3-14,17,20,23,25H,15-16,18H2,1-2H3/t20?,23-,25-/m1/s1. The summed E-state index contributed by atoms with van der Waals surface area (Å²) in [6.45, 7) is 6.44. The molecule has 1 heterocycles. The molecule has 3 aromatic rings. The maximum atomic E-state index is 6.45. The van der Waals surface area contributed by atoms with Crippen LogP contribution in [0, 0.1) is 6.92 Å². The zero-order valence-corrected chi connectivity index (χ0v) is 17.8. The summed E-state index contributed by atoms with van der Waals surface area (Å²) in [5.74, 6) is 1.08.